The van der Waals surface area contributed by atoms with E-state index in [4.69, 9.17) is 27.1 Å². The molecule has 8 heteroatoms. The summed E-state index contributed by atoms with van der Waals surface area (Å²) in [5.41, 5.74) is 2.96. The van der Waals surface area contributed by atoms with Gasteiger partial charge in [0.05, 0.1) is 20.8 Å². The highest BCUT2D eigenvalue weighted by Gasteiger charge is 2.25. The standard InChI is InChI=1S/C28H39O7P/c1-18(29)32-12-10-11-13-33-36-34-25-21(14-19(30-8)16-23(25)27(2,3)4)22-15-20(31-9)17-24(26(22)35-36)28(5,6)7/h14-17,29H,1,10-13H2,2-9H3/p-1. The zero-order valence-electron chi connectivity index (χ0n) is 22.6. The summed E-state index contributed by atoms with van der Waals surface area (Å²) in [6, 6.07) is 7.97. The molecule has 0 unspecified atom stereocenters. The monoisotopic (exact) mass is 517 g/mol. The third-order valence-electron chi connectivity index (χ3n) is 5.83. The van der Waals surface area contributed by atoms with Gasteiger partial charge >= 0.3 is 8.24 Å². The average molecular weight is 518 g/mol. The molecule has 1 heterocycles. The van der Waals surface area contributed by atoms with Crippen molar-refractivity contribution >= 4 is 30.2 Å². The topological polar surface area (TPSA) is 86.3 Å². The SMILES string of the molecule is C=C([O-])OCCCCOp1oc2c(C(C)(C)C)cc(OC)cc2c2cc(OC)cc(C(C)(C)C)c2o1. The van der Waals surface area contributed by atoms with Gasteiger partial charge in [-0.15, -0.1) is 0 Å². The number of benzene rings is 2. The van der Waals surface area contributed by atoms with Crippen molar-refractivity contribution < 1.29 is 32.2 Å². The molecule has 0 saturated heterocycles. The van der Waals surface area contributed by atoms with Gasteiger partial charge in [-0.1, -0.05) is 48.1 Å². The Morgan fingerprint density at radius 1 is 0.806 bits per heavy atom. The van der Waals surface area contributed by atoms with Crippen molar-refractivity contribution in [3.63, 3.8) is 0 Å². The average Bonchev–Trinajstić information content (AvgIpc) is 2.94. The van der Waals surface area contributed by atoms with E-state index in [1.807, 2.05) is 24.3 Å². The maximum Gasteiger partial charge on any atom is 0.387 e. The lowest BCUT2D eigenvalue weighted by atomic mass is 9.84. The number of rotatable bonds is 9. The van der Waals surface area contributed by atoms with E-state index in [-0.39, 0.29) is 10.8 Å². The molecule has 0 N–H and O–H groups in total. The Kier molecular flexibility index (Phi) is 8.58. The maximum absolute atomic E-state index is 10.9. The van der Waals surface area contributed by atoms with Crippen LogP contribution < -0.4 is 19.1 Å². The van der Waals surface area contributed by atoms with Crippen LogP contribution in [0.25, 0.3) is 21.9 Å². The van der Waals surface area contributed by atoms with Gasteiger partial charge in [0.15, 0.2) is 0 Å². The van der Waals surface area contributed by atoms with Crippen LogP contribution >= 0.6 is 8.24 Å². The number of methoxy groups -OCH3 is 2. The van der Waals surface area contributed by atoms with Crippen LogP contribution in [0, 0.1) is 0 Å². The Labute approximate surface area is 214 Å². The quantitative estimate of drug-likeness (QED) is 0.224. The number of unbranched alkanes of at least 4 members (excludes halogenated alkanes) is 1. The Bertz CT molecular complexity index is 1180. The van der Waals surface area contributed by atoms with E-state index in [1.54, 1.807) is 14.2 Å². The summed E-state index contributed by atoms with van der Waals surface area (Å²) in [7, 11) is 1.57. The van der Waals surface area contributed by atoms with E-state index in [2.05, 4.69) is 48.1 Å². The number of hydrogen-bond acceptors (Lipinski definition) is 7. The van der Waals surface area contributed by atoms with Gasteiger partial charge in [-0.3, -0.25) is 4.52 Å². The first kappa shape index (κ1) is 27.8. The van der Waals surface area contributed by atoms with Gasteiger partial charge in [-0.2, -0.15) is 0 Å². The van der Waals surface area contributed by atoms with Gasteiger partial charge in [0.2, 0.25) is 0 Å². The van der Waals surface area contributed by atoms with Crippen LogP contribution in [0.5, 0.6) is 11.5 Å². The summed E-state index contributed by atoms with van der Waals surface area (Å²) in [6.07, 6.45) is 1.34. The molecular weight excluding hydrogens is 479 g/mol. The van der Waals surface area contributed by atoms with Crippen LogP contribution in [0.3, 0.4) is 0 Å². The molecule has 3 rings (SSSR count). The number of ether oxygens (including phenoxy) is 3. The van der Waals surface area contributed by atoms with Crippen LogP contribution in [0.2, 0.25) is 0 Å². The predicted octanol–water partition coefficient (Wildman–Crippen LogP) is 6.96. The second-order valence-corrected chi connectivity index (χ2v) is 11.8. The van der Waals surface area contributed by atoms with Crippen molar-refractivity contribution in [2.45, 2.75) is 65.2 Å². The maximum atomic E-state index is 10.9. The molecule has 0 saturated carbocycles. The Morgan fingerprint density at radius 3 is 1.64 bits per heavy atom. The van der Waals surface area contributed by atoms with Crippen molar-refractivity contribution in [3.8, 4) is 11.5 Å². The fraction of sp³-hybridized carbons (Fsp3) is 0.500. The minimum absolute atomic E-state index is 0.228. The summed E-state index contributed by atoms with van der Waals surface area (Å²) in [5, 5.41) is 12.6. The predicted molar refractivity (Wildman–Crippen MR) is 143 cm³/mol. The van der Waals surface area contributed by atoms with E-state index in [9.17, 15) is 5.11 Å². The molecule has 0 aliphatic rings. The molecule has 0 bridgehead atoms. The number of hydrogen-bond donors (Lipinski definition) is 0. The molecule has 3 aromatic rings. The second kappa shape index (κ2) is 11.1. The molecule has 7 nitrogen and oxygen atoms in total. The van der Waals surface area contributed by atoms with Gasteiger partial charge in [0.1, 0.15) is 22.7 Å². The van der Waals surface area contributed by atoms with Crippen molar-refractivity contribution in [2.75, 3.05) is 27.4 Å². The van der Waals surface area contributed by atoms with E-state index >= 15 is 0 Å². The van der Waals surface area contributed by atoms with E-state index in [0.717, 1.165) is 33.4 Å². The third kappa shape index (κ3) is 6.51. The first-order valence-electron chi connectivity index (χ1n) is 12.1. The van der Waals surface area contributed by atoms with Crippen molar-refractivity contribution in [1.82, 2.24) is 0 Å². The molecular formula is C28H38O7P-. The minimum Gasteiger partial charge on any atom is -0.614 e. The van der Waals surface area contributed by atoms with Gasteiger partial charge < -0.3 is 27.7 Å². The molecule has 36 heavy (non-hydrogen) atoms. The van der Waals surface area contributed by atoms with Gasteiger partial charge in [-0.25, -0.2) is 0 Å². The highest BCUT2D eigenvalue weighted by atomic mass is 31.1. The Morgan fingerprint density at radius 2 is 1.25 bits per heavy atom. The second-order valence-electron chi connectivity index (χ2n) is 10.8. The number of fused-ring (bicyclic) bond motifs is 3. The fourth-order valence-electron chi connectivity index (χ4n) is 3.90. The lowest BCUT2D eigenvalue weighted by Gasteiger charge is -2.21. The highest BCUT2D eigenvalue weighted by molar-refractivity contribution is 7.31. The molecule has 0 fully saturated rings. The summed E-state index contributed by atoms with van der Waals surface area (Å²) in [6.45, 7) is 16.7. The van der Waals surface area contributed by atoms with Crippen LogP contribution in [-0.4, -0.2) is 27.4 Å². The summed E-state index contributed by atoms with van der Waals surface area (Å²) >= 11 is 0. The molecule has 0 aliphatic heterocycles. The molecule has 0 amide bonds. The van der Waals surface area contributed by atoms with Gasteiger partial charge in [0.25, 0.3) is 0 Å². The van der Waals surface area contributed by atoms with Crippen molar-refractivity contribution in [1.29, 1.82) is 0 Å². The molecule has 2 aromatic carbocycles. The van der Waals surface area contributed by atoms with Crippen LogP contribution in [0.15, 0.2) is 45.2 Å². The van der Waals surface area contributed by atoms with E-state index in [1.165, 1.54) is 0 Å². The molecule has 0 aliphatic carbocycles. The Balaban J connectivity index is 2.30. The smallest absolute Gasteiger partial charge is 0.387 e. The summed E-state index contributed by atoms with van der Waals surface area (Å²) in [4.78, 5) is 0. The lowest BCUT2D eigenvalue weighted by Crippen LogP contribution is -2.12. The lowest BCUT2D eigenvalue weighted by molar-refractivity contribution is -0.356. The van der Waals surface area contributed by atoms with Crippen LogP contribution in [-0.2, 0) is 15.6 Å². The van der Waals surface area contributed by atoms with Crippen LogP contribution in [0.1, 0.15) is 65.5 Å². The van der Waals surface area contributed by atoms with E-state index < -0.39 is 14.2 Å². The Hall–Kier alpha value is -2.76. The minimum atomic E-state index is -1.76. The fourth-order valence-corrected chi connectivity index (χ4v) is 5.01. The van der Waals surface area contributed by atoms with Crippen molar-refractivity contribution in [2.24, 2.45) is 0 Å². The van der Waals surface area contributed by atoms with Crippen molar-refractivity contribution in [3.05, 3.63) is 47.9 Å². The normalized spacial score (nSPS) is 12.1. The van der Waals surface area contributed by atoms with E-state index in [0.29, 0.717) is 37.2 Å². The van der Waals surface area contributed by atoms with Gasteiger partial charge in [0, 0.05) is 27.8 Å². The highest BCUT2D eigenvalue weighted by Crippen LogP contribution is 2.44. The van der Waals surface area contributed by atoms with Gasteiger partial charge in [-0.05, 0) is 54.5 Å². The molecule has 1 aromatic heterocycles. The first-order valence-corrected chi connectivity index (χ1v) is 13.2. The summed E-state index contributed by atoms with van der Waals surface area (Å²) < 4.78 is 35.4. The molecule has 0 radical (unpaired) electrons. The van der Waals surface area contributed by atoms with Crippen LogP contribution in [0.4, 0.5) is 0 Å². The first-order chi connectivity index (χ1) is 16.8. The molecule has 198 valence electrons. The zero-order chi connectivity index (χ0) is 26.7. The molecule has 0 atom stereocenters. The largest absolute Gasteiger partial charge is 0.614 e. The summed E-state index contributed by atoms with van der Waals surface area (Å²) in [5.74, 6) is 0.945. The molecule has 0 spiro atoms. The zero-order valence-corrected chi connectivity index (χ0v) is 23.5. The third-order valence-corrected chi connectivity index (χ3v) is 6.89.